The molecule has 1 aliphatic carbocycles. The molecule has 0 aromatic carbocycles. The molecule has 0 radical (unpaired) electrons. The summed E-state index contributed by atoms with van der Waals surface area (Å²) in [4.78, 5) is 20.2. The van der Waals surface area contributed by atoms with E-state index in [1.165, 1.54) is 12.4 Å². The Hall–Kier alpha value is -3.21. The number of anilines is 2. The summed E-state index contributed by atoms with van der Waals surface area (Å²) in [6.45, 7) is 3.61. The van der Waals surface area contributed by atoms with Crippen molar-refractivity contribution < 1.29 is 18.3 Å². The highest BCUT2D eigenvalue weighted by Gasteiger charge is 2.39. The van der Waals surface area contributed by atoms with Gasteiger partial charge < -0.3 is 15.0 Å². The van der Waals surface area contributed by atoms with E-state index in [1.54, 1.807) is 10.7 Å². The molecule has 1 amide bonds. The molecule has 0 unspecified atom stereocenters. The van der Waals surface area contributed by atoms with Crippen molar-refractivity contribution in [2.75, 3.05) is 23.4 Å². The van der Waals surface area contributed by atoms with E-state index in [9.17, 15) is 13.6 Å². The molecule has 3 aromatic rings. The van der Waals surface area contributed by atoms with E-state index < -0.39 is 18.0 Å². The van der Waals surface area contributed by atoms with Gasteiger partial charge in [0.15, 0.2) is 5.69 Å². The van der Waals surface area contributed by atoms with Crippen LogP contribution in [0.5, 0.6) is 0 Å². The fraction of sp³-hybridized carbons (Fsp3) is 0.542. The summed E-state index contributed by atoms with van der Waals surface area (Å²) in [6, 6.07) is 3.96. The van der Waals surface area contributed by atoms with Crippen molar-refractivity contribution in [2.24, 2.45) is 5.92 Å². The molecule has 2 atom stereocenters. The van der Waals surface area contributed by atoms with Crippen LogP contribution in [0.2, 0.25) is 0 Å². The molecule has 3 aromatic heterocycles. The van der Waals surface area contributed by atoms with Gasteiger partial charge >= 0.3 is 0 Å². The summed E-state index contributed by atoms with van der Waals surface area (Å²) in [5.41, 5.74) is 0.606. The number of hydrogen-bond acceptors (Lipinski definition) is 7. The Bertz CT molecular complexity index is 1260. The second kappa shape index (κ2) is 8.78. The highest BCUT2D eigenvalue weighted by molar-refractivity contribution is 6.11. The first kappa shape index (κ1) is 22.3. The van der Waals surface area contributed by atoms with Gasteiger partial charge in [-0.1, -0.05) is 6.92 Å². The third kappa shape index (κ3) is 4.11. The lowest BCUT2D eigenvalue weighted by Gasteiger charge is -2.28. The SMILES string of the molecule is CC1CCC(n2cc(NC(=O)c3cnnc4ccc(N5C[C@@H]6C[C@H]5CO6)nc34)c(C(F)F)n2)CC1. The molecule has 2 bridgehead atoms. The molecule has 0 spiro atoms. The molecule has 5 heterocycles. The van der Waals surface area contributed by atoms with Crippen LogP contribution in [0.3, 0.4) is 0 Å². The number of carbonyl (C=O) groups is 1. The predicted molar refractivity (Wildman–Crippen MR) is 125 cm³/mol. The van der Waals surface area contributed by atoms with Crippen molar-refractivity contribution in [2.45, 2.75) is 63.6 Å². The lowest BCUT2D eigenvalue weighted by Crippen LogP contribution is -2.37. The van der Waals surface area contributed by atoms with Crippen molar-refractivity contribution in [3.05, 3.63) is 35.8 Å². The second-order valence-electron chi connectivity index (χ2n) is 9.87. The molecule has 1 saturated carbocycles. The van der Waals surface area contributed by atoms with Gasteiger partial charge in [-0.25, -0.2) is 13.8 Å². The van der Waals surface area contributed by atoms with Crippen molar-refractivity contribution in [3.8, 4) is 0 Å². The largest absolute Gasteiger partial charge is 0.374 e. The second-order valence-corrected chi connectivity index (χ2v) is 9.87. The first-order chi connectivity index (χ1) is 17.0. The monoisotopic (exact) mass is 483 g/mol. The Morgan fingerprint density at radius 3 is 2.74 bits per heavy atom. The van der Waals surface area contributed by atoms with Crippen LogP contribution < -0.4 is 10.2 Å². The molecule has 6 rings (SSSR count). The van der Waals surface area contributed by atoms with Gasteiger partial charge in [-0.05, 0) is 50.2 Å². The molecule has 1 N–H and O–H groups in total. The van der Waals surface area contributed by atoms with E-state index in [0.29, 0.717) is 23.6 Å². The van der Waals surface area contributed by atoms with Crippen LogP contribution in [-0.4, -0.2) is 56.2 Å². The fourth-order valence-electron chi connectivity index (χ4n) is 5.48. The van der Waals surface area contributed by atoms with E-state index in [1.807, 2.05) is 6.07 Å². The minimum Gasteiger partial charge on any atom is -0.374 e. The van der Waals surface area contributed by atoms with Gasteiger partial charge in [0.1, 0.15) is 16.9 Å². The zero-order chi connectivity index (χ0) is 24.1. The van der Waals surface area contributed by atoms with E-state index in [2.05, 4.69) is 32.4 Å². The Morgan fingerprint density at radius 1 is 1.20 bits per heavy atom. The van der Waals surface area contributed by atoms with Crippen molar-refractivity contribution >= 4 is 28.4 Å². The number of carbonyl (C=O) groups excluding carboxylic acids is 1. The summed E-state index contributed by atoms with van der Waals surface area (Å²) in [7, 11) is 0. The van der Waals surface area contributed by atoms with Crippen molar-refractivity contribution in [1.29, 1.82) is 0 Å². The third-order valence-electron chi connectivity index (χ3n) is 7.48. The minimum atomic E-state index is -2.81. The quantitative estimate of drug-likeness (QED) is 0.582. The first-order valence-corrected chi connectivity index (χ1v) is 12.2. The molecule has 2 aliphatic heterocycles. The fourth-order valence-corrected chi connectivity index (χ4v) is 5.48. The smallest absolute Gasteiger partial charge is 0.284 e. The lowest BCUT2D eigenvalue weighted by molar-refractivity contribution is 0.0988. The number of aromatic nitrogens is 5. The molecule has 184 valence electrons. The van der Waals surface area contributed by atoms with E-state index >= 15 is 0 Å². The number of amides is 1. The van der Waals surface area contributed by atoms with Crippen LogP contribution in [0.25, 0.3) is 11.0 Å². The summed E-state index contributed by atoms with van der Waals surface area (Å²) < 4.78 is 34.9. The topological polar surface area (TPSA) is 98.1 Å². The molecule has 9 nitrogen and oxygen atoms in total. The Labute approximate surface area is 200 Å². The van der Waals surface area contributed by atoms with Gasteiger partial charge in [0.2, 0.25) is 0 Å². The van der Waals surface area contributed by atoms with Crippen LogP contribution in [0.1, 0.15) is 67.5 Å². The summed E-state index contributed by atoms with van der Waals surface area (Å²) >= 11 is 0. The van der Waals surface area contributed by atoms with Gasteiger partial charge in [0, 0.05) is 12.7 Å². The predicted octanol–water partition coefficient (Wildman–Crippen LogP) is 4.14. The lowest BCUT2D eigenvalue weighted by atomic mass is 9.87. The number of nitrogens with one attached hydrogen (secondary N) is 1. The number of halogens is 2. The Kier molecular flexibility index (Phi) is 5.58. The average molecular weight is 484 g/mol. The van der Waals surface area contributed by atoms with Crippen LogP contribution in [0.4, 0.5) is 20.3 Å². The molecule has 3 fully saturated rings. The van der Waals surface area contributed by atoms with Crippen molar-refractivity contribution in [1.82, 2.24) is 25.0 Å². The molecular formula is C24H27F2N7O2. The number of nitrogens with zero attached hydrogens (tertiary/aromatic N) is 6. The van der Waals surface area contributed by atoms with E-state index in [4.69, 9.17) is 9.72 Å². The molecular weight excluding hydrogens is 456 g/mol. The highest BCUT2D eigenvalue weighted by atomic mass is 19.3. The summed E-state index contributed by atoms with van der Waals surface area (Å²) in [6.07, 6.45) is 5.03. The molecule has 3 aliphatic rings. The number of ether oxygens (including phenoxy) is 1. The number of fused-ring (bicyclic) bond motifs is 3. The van der Waals surface area contributed by atoms with Gasteiger partial charge in [0.05, 0.1) is 42.2 Å². The van der Waals surface area contributed by atoms with E-state index in [0.717, 1.165) is 44.5 Å². The molecule has 35 heavy (non-hydrogen) atoms. The van der Waals surface area contributed by atoms with Gasteiger partial charge in [-0.15, -0.1) is 5.10 Å². The summed E-state index contributed by atoms with van der Waals surface area (Å²) in [5.74, 6) is 0.797. The van der Waals surface area contributed by atoms with Crippen LogP contribution >= 0.6 is 0 Å². The van der Waals surface area contributed by atoms with Gasteiger partial charge in [-0.3, -0.25) is 9.48 Å². The van der Waals surface area contributed by atoms with E-state index in [-0.39, 0.29) is 29.4 Å². The zero-order valence-corrected chi connectivity index (χ0v) is 19.4. The minimum absolute atomic E-state index is 0.0127. The van der Waals surface area contributed by atoms with Crippen LogP contribution in [0, 0.1) is 5.92 Å². The van der Waals surface area contributed by atoms with Crippen LogP contribution in [-0.2, 0) is 4.74 Å². The number of pyridine rings is 1. The molecule has 11 heteroatoms. The number of hydrogen-bond donors (Lipinski definition) is 1. The Balaban J connectivity index is 1.29. The first-order valence-electron chi connectivity index (χ1n) is 12.2. The maximum atomic E-state index is 13.8. The summed E-state index contributed by atoms with van der Waals surface area (Å²) in [5, 5.41) is 14.8. The Morgan fingerprint density at radius 2 is 2.03 bits per heavy atom. The van der Waals surface area contributed by atoms with Crippen molar-refractivity contribution in [3.63, 3.8) is 0 Å². The zero-order valence-electron chi connectivity index (χ0n) is 19.4. The maximum absolute atomic E-state index is 13.8. The number of alkyl halides is 2. The normalized spacial score (nSPS) is 26.1. The van der Waals surface area contributed by atoms with Gasteiger partial charge in [-0.2, -0.15) is 10.2 Å². The highest BCUT2D eigenvalue weighted by Crippen LogP contribution is 2.35. The standard InChI is InChI=1S/C24H27F2N7O2/c1-13-2-4-14(5-3-13)33-11-19(22(31-33)23(25)26)28-24(34)17-9-27-30-18-6-7-20(29-21(17)18)32-10-16-8-15(32)12-35-16/h6-7,9,11,13-16,23H,2-5,8,10,12H2,1H3,(H,28,34)/t13?,14?,15-,16-/m0/s1. The average Bonchev–Trinajstić information content (AvgIpc) is 3.60. The maximum Gasteiger partial charge on any atom is 0.284 e. The number of rotatable bonds is 5. The third-order valence-corrected chi connectivity index (χ3v) is 7.48. The molecule has 2 saturated heterocycles. The number of morpholine rings is 1. The van der Waals surface area contributed by atoms with Crippen LogP contribution in [0.15, 0.2) is 24.5 Å². The van der Waals surface area contributed by atoms with Gasteiger partial charge in [0.25, 0.3) is 12.3 Å².